The van der Waals surface area contributed by atoms with Gasteiger partial charge in [-0.15, -0.1) is 0 Å². The Morgan fingerprint density at radius 3 is 2.00 bits per heavy atom. The van der Waals surface area contributed by atoms with E-state index in [-0.39, 0.29) is 12.5 Å². The van der Waals surface area contributed by atoms with Gasteiger partial charge in [-0.2, -0.15) is 14.8 Å². The molecule has 0 aliphatic heterocycles. The standard InChI is InChI=1S/C25H20N4O/c30-25(19-29-17-7-10-21(18-29)20-8-3-1-4-9-20)26-22-13-15-24(16-14-22)28-27-23-11-5-2-6-12-23/h1-18H,19H2/p+1. The number of pyridine rings is 1. The first kappa shape index (κ1) is 19.2. The summed E-state index contributed by atoms with van der Waals surface area (Å²) in [5.74, 6) is -0.0936. The van der Waals surface area contributed by atoms with Crippen LogP contribution in [0.2, 0.25) is 0 Å². The van der Waals surface area contributed by atoms with Crippen molar-refractivity contribution < 1.29 is 9.36 Å². The molecule has 1 aromatic heterocycles. The van der Waals surface area contributed by atoms with Gasteiger partial charge in [0.15, 0.2) is 12.4 Å². The molecule has 30 heavy (non-hydrogen) atoms. The fourth-order valence-corrected chi connectivity index (χ4v) is 3.01. The molecule has 1 N–H and O–H groups in total. The number of anilines is 1. The third kappa shape index (κ3) is 5.23. The van der Waals surface area contributed by atoms with E-state index in [4.69, 9.17) is 0 Å². The van der Waals surface area contributed by atoms with E-state index in [2.05, 4.69) is 27.7 Å². The Bertz CT molecular complexity index is 1140. The van der Waals surface area contributed by atoms with Crippen LogP contribution < -0.4 is 9.88 Å². The Hall–Kier alpha value is -4.12. The van der Waals surface area contributed by atoms with Gasteiger partial charge in [-0.25, -0.2) is 0 Å². The zero-order valence-electron chi connectivity index (χ0n) is 16.3. The molecule has 146 valence electrons. The van der Waals surface area contributed by atoms with Crippen LogP contribution in [0, 0.1) is 0 Å². The molecule has 0 unspecified atom stereocenters. The number of benzene rings is 3. The van der Waals surface area contributed by atoms with Crippen LogP contribution in [0.3, 0.4) is 0 Å². The molecule has 5 heteroatoms. The molecular weight excluding hydrogens is 372 g/mol. The van der Waals surface area contributed by atoms with Gasteiger partial charge in [0, 0.05) is 17.3 Å². The molecule has 0 bridgehead atoms. The smallest absolute Gasteiger partial charge is 0.290 e. The Balaban J connectivity index is 1.37. The number of carbonyl (C=O) groups is 1. The summed E-state index contributed by atoms with van der Waals surface area (Å²) in [6.07, 6.45) is 3.86. The molecule has 5 nitrogen and oxygen atoms in total. The van der Waals surface area contributed by atoms with E-state index < -0.39 is 0 Å². The number of azo groups is 1. The van der Waals surface area contributed by atoms with E-state index in [0.29, 0.717) is 0 Å². The molecule has 0 fully saturated rings. The second-order valence-corrected chi connectivity index (χ2v) is 6.76. The van der Waals surface area contributed by atoms with Crippen LogP contribution in [0.25, 0.3) is 11.1 Å². The number of nitrogens with one attached hydrogen (secondary N) is 1. The Morgan fingerprint density at radius 2 is 1.30 bits per heavy atom. The number of rotatable bonds is 6. The maximum Gasteiger partial charge on any atom is 0.290 e. The molecule has 0 spiro atoms. The Kier molecular flexibility index (Phi) is 6.01. The fraction of sp³-hybridized carbons (Fsp3) is 0.0400. The van der Waals surface area contributed by atoms with Gasteiger partial charge in [-0.05, 0) is 48.0 Å². The van der Waals surface area contributed by atoms with Crippen LogP contribution in [0.1, 0.15) is 0 Å². The van der Waals surface area contributed by atoms with Crippen LogP contribution in [-0.4, -0.2) is 5.91 Å². The molecule has 4 aromatic rings. The summed E-state index contributed by atoms with van der Waals surface area (Å²) >= 11 is 0. The molecule has 0 saturated carbocycles. The first-order valence-electron chi connectivity index (χ1n) is 9.67. The highest BCUT2D eigenvalue weighted by Gasteiger charge is 2.11. The molecule has 1 amide bonds. The molecule has 3 aromatic carbocycles. The number of hydrogen-bond donors (Lipinski definition) is 1. The quantitative estimate of drug-likeness (QED) is 0.332. The van der Waals surface area contributed by atoms with Crippen LogP contribution in [0.4, 0.5) is 17.1 Å². The van der Waals surface area contributed by atoms with Crippen molar-refractivity contribution in [3.63, 3.8) is 0 Å². The second-order valence-electron chi connectivity index (χ2n) is 6.76. The van der Waals surface area contributed by atoms with Crippen molar-refractivity contribution in [1.82, 2.24) is 0 Å². The van der Waals surface area contributed by atoms with Gasteiger partial charge in [-0.1, -0.05) is 48.5 Å². The summed E-state index contributed by atoms with van der Waals surface area (Å²) in [7, 11) is 0. The van der Waals surface area contributed by atoms with Crippen molar-refractivity contribution in [1.29, 1.82) is 0 Å². The average molecular weight is 393 g/mol. The predicted octanol–water partition coefficient (Wildman–Crippen LogP) is 5.70. The molecular formula is C25H21N4O+. The monoisotopic (exact) mass is 393 g/mol. The van der Waals surface area contributed by atoms with Crippen LogP contribution in [0.15, 0.2) is 120 Å². The summed E-state index contributed by atoms with van der Waals surface area (Å²) in [5, 5.41) is 11.3. The minimum atomic E-state index is -0.0936. The molecule has 4 rings (SSSR count). The van der Waals surface area contributed by atoms with Gasteiger partial charge in [0.2, 0.25) is 6.54 Å². The molecule has 0 aliphatic rings. The summed E-state index contributed by atoms with van der Waals surface area (Å²) in [6.45, 7) is 0.232. The minimum Gasteiger partial charge on any atom is -0.321 e. The third-order valence-electron chi connectivity index (χ3n) is 4.48. The summed E-state index contributed by atoms with van der Waals surface area (Å²) in [4.78, 5) is 12.5. The molecule has 0 radical (unpaired) electrons. The maximum atomic E-state index is 12.5. The van der Waals surface area contributed by atoms with Gasteiger partial charge in [0.25, 0.3) is 5.91 Å². The predicted molar refractivity (Wildman–Crippen MR) is 118 cm³/mol. The van der Waals surface area contributed by atoms with Gasteiger partial charge in [0.05, 0.1) is 11.4 Å². The van der Waals surface area contributed by atoms with Crippen molar-refractivity contribution in [2.24, 2.45) is 10.2 Å². The lowest BCUT2D eigenvalue weighted by Crippen LogP contribution is -2.39. The average Bonchev–Trinajstić information content (AvgIpc) is 2.80. The lowest BCUT2D eigenvalue weighted by molar-refractivity contribution is -0.683. The Labute approximate surface area is 175 Å². The van der Waals surface area contributed by atoms with Crippen molar-refractivity contribution in [3.05, 3.63) is 109 Å². The van der Waals surface area contributed by atoms with Gasteiger partial charge in [0.1, 0.15) is 0 Å². The zero-order valence-corrected chi connectivity index (χ0v) is 16.3. The van der Waals surface area contributed by atoms with Crippen LogP contribution >= 0.6 is 0 Å². The third-order valence-corrected chi connectivity index (χ3v) is 4.48. The number of aromatic nitrogens is 1. The fourth-order valence-electron chi connectivity index (χ4n) is 3.01. The zero-order chi connectivity index (χ0) is 20.6. The van der Waals surface area contributed by atoms with E-state index in [0.717, 1.165) is 28.2 Å². The summed E-state index contributed by atoms with van der Waals surface area (Å²) in [5.41, 5.74) is 4.43. The number of hydrogen-bond acceptors (Lipinski definition) is 3. The maximum absolute atomic E-state index is 12.5. The van der Waals surface area contributed by atoms with Crippen LogP contribution in [0.5, 0.6) is 0 Å². The molecule has 0 atom stereocenters. The SMILES string of the molecule is O=C(C[n+]1cccc(-c2ccccc2)c1)Nc1ccc(N=Nc2ccccc2)cc1. The molecule has 0 saturated heterocycles. The van der Waals surface area contributed by atoms with Crippen molar-refractivity contribution in [2.75, 3.05) is 5.32 Å². The van der Waals surface area contributed by atoms with E-state index in [1.54, 1.807) is 0 Å². The molecule has 1 heterocycles. The normalized spacial score (nSPS) is 10.8. The highest BCUT2D eigenvalue weighted by Crippen LogP contribution is 2.20. The summed E-state index contributed by atoms with van der Waals surface area (Å²) in [6, 6.07) is 30.9. The largest absolute Gasteiger partial charge is 0.321 e. The molecule has 0 aliphatic carbocycles. The van der Waals surface area contributed by atoms with E-state index in [9.17, 15) is 4.79 Å². The van der Waals surface area contributed by atoms with Gasteiger partial charge >= 0.3 is 0 Å². The van der Waals surface area contributed by atoms with E-state index >= 15 is 0 Å². The number of carbonyl (C=O) groups excluding carboxylic acids is 1. The van der Waals surface area contributed by atoms with Gasteiger partial charge < -0.3 is 5.32 Å². The van der Waals surface area contributed by atoms with Crippen molar-refractivity contribution in [3.8, 4) is 11.1 Å². The lowest BCUT2D eigenvalue weighted by atomic mass is 10.1. The lowest BCUT2D eigenvalue weighted by Gasteiger charge is -2.04. The number of nitrogens with zero attached hydrogens (tertiary/aromatic N) is 3. The highest BCUT2D eigenvalue weighted by molar-refractivity contribution is 5.89. The van der Waals surface area contributed by atoms with Crippen molar-refractivity contribution >= 4 is 23.0 Å². The second kappa shape index (κ2) is 9.39. The number of amides is 1. The van der Waals surface area contributed by atoms with Crippen LogP contribution in [-0.2, 0) is 11.3 Å². The topological polar surface area (TPSA) is 57.7 Å². The minimum absolute atomic E-state index is 0.0936. The first-order valence-corrected chi connectivity index (χ1v) is 9.67. The highest BCUT2D eigenvalue weighted by atomic mass is 16.1. The van der Waals surface area contributed by atoms with E-state index in [1.807, 2.05) is 102 Å². The summed E-state index contributed by atoms with van der Waals surface area (Å²) < 4.78 is 1.88. The van der Waals surface area contributed by atoms with Gasteiger partial charge in [-0.3, -0.25) is 4.79 Å². The van der Waals surface area contributed by atoms with E-state index in [1.165, 1.54) is 0 Å². The van der Waals surface area contributed by atoms with Crippen molar-refractivity contribution in [2.45, 2.75) is 6.54 Å². The first-order chi connectivity index (χ1) is 14.8. The Morgan fingerprint density at radius 1 is 0.700 bits per heavy atom.